The molecule has 0 atom stereocenters. The van der Waals surface area contributed by atoms with Crippen molar-refractivity contribution in [1.29, 1.82) is 0 Å². The Morgan fingerprint density at radius 2 is 2.00 bits per heavy atom. The van der Waals surface area contributed by atoms with Crippen molar-refractivity contribution in [2.24, 2.45) is 0 Å². The van der Waals surface area contributed by atoms with Crippen LogP contribution in [-0.2, 0) is 0 Å². The lowest BCUT2D eigenvalue weighted by Crippen LogP contribution is -2.32. The van der Waals surface area contributed by atoms with Gasteiger partial charge in [0, 0.05) is 13.0 Å². The van der Waals surface area contributed by atoms with Crippen molar-refractivity contribution in [2.45, 2.75) is 19.1 Å². The predicted octanol–water partition coefficient (Wildman–Crippen LogP) is 1.51. The largest absolute Gasteiger partial charge is 0.457 e. The minimum Gasteiger partial charge on any atom is -0.228 e. The van der Waals surface area contributed by atoms with E-state index in [1.807, 2.05) is 0 Å². The summed E-state index contributed by atoms with van der Waals surface area (Å²) in [6.07, 6.45) is 1.29. The molecule has 0 aliphatic heterocycles. The van der Waals surface area contributed by atoms with Gasteiger partial charge < -0.3 is 0 Å². The Balaban J connectivity index is 3.14. The summed E-state index contributed by atoms with van der Waals surface area (Å²) in [5, 5.41) is 1.36. The summed E-state index contributed by atoms with van der Waals surface area (Å²) in [5.41, 5.74) is 0. The molecule has 0 rings (SSSR count). The lowest BCUT2D eigenvalue weighted by atomic mass is 10.3. The second-order valence-corrected chi connectivity index (χ2v) is 1.73. The molecule has 4 heteroatoms. The van der Waals surface area contributed by atoms with E-state index in [9.17, 15) is 13.2 Å². The van der Waals surface area contributed by atoms with Crippen LogP contribution in [0, 0.1) is 12.3 Å². The molecule has 1 nitrogen and oxygen atoms in total. The standard InChI is InChI=1S/C6H8F3N/c1-2-3-4-5-10-6(7,8)9/h1,10H,3-5H2. The molecule has 0 aliphatic carbocycles. The van der Waals surface area contributed by atoms with Gasteiger partial charge in [-0.15, -0.1) is 12.3 Å². The highest BCUT2D eigenvalue weighted by Crippen LogP contribution is 2.08. The SMILES string of the molecule is C#CCCCNC(F)(F)F. The number of alkyl halides is 3. The molecule has 0 radical (unpaired) electrons. The maximum Gasteiger partial charge on any atom is 0.457 e. The number of nitrogens with one attached hydrogen (secondary N) is 1. The molecule has 0 aromatic heterocycles. The van der Waals surface area contributed by atoms with Crippen LogP contribution < -0.4 is 5.32 Å². The first kappa shape index (κ1) is 9.31. The molecule has 0 spiro atoms. The molecule has 0 amide bonds. The van der Waals surface area contributed by atoms with Gasteiger partial charge in [0.2, 0.25) is 0 Å². The highest BCUT2D eigenvalue weighted by atomic mass is 19.4. The second-order valence-electron chi connectivity index (χ2n) is 1.73. The summed E-state index contributed by atoms with van der Waals surface area (Å²) >= 11 is 0. The molecular formula is C6H8F3N. The highest BCUT2D eigenvalue weighted by Gasteiger charge is 2.25. The average molecular weight is 151 g/mol. The Kier molecular flexibility index (Phi) is 3.89. The molecule has 0 aliphatic rings. The Morgan fingerprint density at radius 1 is 1.40 bits per heavy atom. The fourth-order valence-electron chi connectivity index (χ4n) is 0.421. The van der Waals surface area contributed by atoms with Crippen LogP contribution in [0.5, 0.6) is 0 Å². The molecule has 0 fully saturated rings. The number of halogens is 3. The van der Waals surface area contributed by atoms with Crippen LogP contribution in [0.2, 0.25) is 0 Å². The van der Waals surface area contributed by atoms with Gasteiger partial charge in [0.25, 0.3) is 0 Å². The van der Waals surface area contributed by atoms with E-state index in [4.69, 9.17) is 6.42 Å². The lowest BCUT2D eigenvalue weighted by molar-refractivity contribution is -0.156. The van der Waals surface area contributed by atoms with E-state index in [2.05, 4.69) is 5.92 Å². The number of hydrogen-bond acceptors (Lipinski definition) is 1. The molecule has 0 saturated carbocycles. The normalized spacial score (nSPS) is 11.0. The Morgan fingerprint density at radius 3 is 2.40 bits per heavy atom. The van der Waals surface area contributed by atoms with Gasteiger partial charge in [-0.3, -0.25) is 0 Å². The van der Waals surface area contributed by atoms with E-state index in [1.54, 1.807) is 0 Å². The summed E-state index contributed by atoms with van der Waals surface area (Å²) in [6, 6.07) is 0. The van der Waals surface area contributed by atoms with Crippen molar-refractivity contribution in [3.8, 4) is 12.3 Å². The zero-order valence-corrected chi connectivity index (χ0v) is 5.33. The number of unbranched alkanes of at least 4 members (excludes halogenated alkanes) is 1. The molecule has 1 N–H and O–H groups in total. The lowest BCUT2D eigenvalue weighted by Gasteiger charge is -2.05. The van der Waals surface area contributed by atoms with Gasteiger partial charge in [0.15, 0.2) is 0 Å². The van der Waals surface area contributed by atoms with Gasteiger partial charge >= 0.3 is 6.30 Å². The van der Waals surface area contributed by atoms with E-state index in [-0.39, 0.29) is 6.54 Å². The summed E-state index contributed by atoms with van der Waals surface area (Å²) in [6.45, 7) is -0.103. The molecule has 0 aromatic carbocycles. The van der Waals surface area contributed by atoms with Crippen molar-refractivity contribution in [1.82, 2.24) is 5.32 Å². The van der Waals surface area contributed by atoms with E-state index in [1.165, 1.54) is 5.32 Å². The van der Waals surface area contributed by atoms with Crippen molar-refractivity contribution in [2.75, 3.05) is 6.54 Å². The number of rotatable bonds is 3. The van der Waals surface area contributed by atoms with Gasteiger partial charge in [0.1, 0.15) is 0 Å². The van der Waals surface area contributed by atoms with Gasteiger partial charge in [-0.25, -0.2) is 5.32 Å². The summed E-state index contributed by atoms with van der Waals surface area (Å²) in [4.78, 5) is 0. The summed E-state index contributed by atoms with van der Waals surface area (Å²) in [7, 11) is 0. The van der Waals surface area contributed by atoms with Gasteiger partial charge in [-0.2, -0.15) is 13.2 Å². The van der Waals surface area contributed by atoms with Crippen LogP contribution in [-0.4, -0.2) is 12.8 Å². The predicted molar refractivity (Wildman–Crippen MR) is 32.1 cm³/mol. The highest BCUT2D eigenvalue weighted by molar-refractivity contribution is 4.83. The molecule has 0 saturated heterocycles. The van der Waals surface area contributed by atoms with Crippen LogP contribution in [0.4, 0.5) is 13.2 Å². The minimum absolute atomic E-state index is 0.103. The fraction of sp³-hybridized carbons (Fsp3) is 0.667. The molecule has 0 unspecified atom stereocenters. The third-order valence-corrected chi connectivity index (χ3v) is 0.823. The first-order chi connectivity index (χ1) is 4.56. The zero-order valence-electron chi connectivity index (χ0n) is 5.33. The Hall–Kier alpha value is -0.690. The smallest absolute Gasteiger partial charge is 0.228 e. The van der Waals surface area contributed by atoms with Crippen LogP contribution >= 0.6 is 0 Å². The van der Waals surface area contributed by atoms with Gasteiger partial charge in [-0.1, -0.05) is 0 Å². The fourth-order valence-corrected chi connectivity index (χ4v) is 0.421. The number of hydrogen-bond donors (Lipinski definition) is 1. The van der Waals surface area contributed by atoms with Crippen molar-refractivity contribution < 1.29 is 13.2 Å². The minimum atomic E-state index is -4.27. The van der Waals surface area contributed by atoms with E-state index >= 15 is 0 Å². The molecule has 58 valence electrons. The van der Waals surface area contributed by atoms with E-state index < -0.39 is 6.30 Å². The zero-order chi connectivity index (χ0) is 8.04. The summed E-state index contributed by atoms with van der Waals surface area (Å²) < 4.78 is 34.0. The molecule has 10 heavy (non-hydrogen) atoms. The molecule has 0 heterocycles. The monoisotopic (exact) mass is 151 g/mol. The topological polar surface area (TPSA) is 12.0 Å². The number of terminal acetylenes is 1. The quantitative estimate of drug-likeness (QED) is 0.366. The average Bonchev–Trinajstić information content (AvgIpc) is 1.78. The second kappa shape index (κ2) is 4.18. The van der Waals surface area contributed by atoms with Crippen molar-refractivity contribution >= 4 is 0 Å². The third-order valence-electron chi connectivity index (χ3n) is 0.823. The van der Waals surface area contributed by atoms with E-state index in [0.29, 0.717) is 12.8 Å². The molecule has 0 aromatic rings. The first-order valence-electron chi connectivity index (χ1n) is 2.81. The third kappa shape index (κ3) is 7.31. The molecule has 0 bridgehead atoms. The van der Waals surface area contributed by atoms with Crippen molar-refractivity contribution in [3.63, 3.8) is 0 Å². The Bertz CT molecular complexity index is 122. The first-order valence-corrected chi connectivity index (χ1v) is 2.81. The van der Waals surface area contributed by atoms with Crippen LogP contribution in [0.3, 0.4) is 0 Å². The van der Waals surface area contributed by atoms with Gasteiger partial charge in [0.05, 0.1) is 0 Å². The van der Waals surface area contributed by atoms with Crippen LogP contribution in [0.25, 0.3) is 0 Å². The maximum absolute atomic E-state index is 11.3. The van der Waals surface area contributed by atoms with Crippen molar-refractivity contribution in [3.05, 3.63) is 0 Å². The summed E-state index contributed by atoms with van der Waals surface area (Å²) in [5.74, 6) is 2.25. The maximum atomic E-state index is 11.3. The Labute approximate surface area is 57.6 Å². The van der Waals surface area contributed by atoms with E-state index in [0.717, 1.165) is 0 Å². The van der Waals surface area contributed by atoms with Crippen LogP contribution in [0.1, 0.15) is 12.8 Å². The molecular weight excluding hydrogens is 143 g/mol. The van der Waals surface area contributed by atoms with Gasteiger partial charge in [-0.05, 0) is 6.42 Å². The van der Waals surface area contributed by atoms with Crippen LogP contribution in [0.15, 0.2) is 0 Å².